The van der Waals surface area contributed by atoms with Gasteiger partial charge in [0.1, 0.15) is 10.6 Å². The van der Waals surface area contributed by atoms with Gasteiger partial charge in [-0.25, -0.2) is 4.98 Å². The number of ether oxygens (including phenoxy) is 1. The van der Waals surface area contributed by atoms with Crippen LogP contribution in [-0.4, -0.2) is 36.8 Å². The highest BCUT2D eigenvalue weighted by Crippen LogP contribution is 2.30. The molecular weight excluding hydrogens is 272 g/mol. The maximum atomic E-state index is 5.63. The van der Waals surface area contributed by atoms with E-state index in [0.29, 0.717) is 5.95 Å². The van der Waals surface area contributed by atoms with Crippen molar-refractivity contribution in [1.29, 1.82) is 0 Å². The molecule has 1 aliphatic rings. The fourth-order valence-electron chi connectivity index (χ4n) is 2.06. The second kappa shape index (κ2) is 5.93. The van der Waals surface area contributed by atoms with Gasteiger partial charge < -0.3 is 15.4 Å². The van der Waals surface area contributed by atoms with Crippen molar-refractivity contribution in [3.8, 4) is 0 Å². The van der Waals surface area contributed by atoms with E-state index >= 15 is 0 Å². The predicted octanol–water partition coefficient (Wildman–Crippen LogP) is 2.88. The molecule has 1 aliphatic carbocycles. The van der Waals surface area contributed by atoms with Gasteiger partial charge in [0.25, 0.3) is 0 Å². The molecule has 2 N–H and O–H groups in total. The van der Waals surface area contributed by atoms with E-state index in [1.807, 2.05) is 7.05 Å². The average Bonchev–Trinajstić information content (AvgIpc) is 3.18. The number of thiophene rings is 1. The molecule has 0 aliphatic heterocycles. The van der Waals surface area contributed by atoms with Crippen molar-refractivity contribution >= 4 is 33.3 Å². The van der Waals surface area contributed by atoms with E-state index in [4.69, 9.17) is 4.74 Å². The summed E-state index contributed by atoms with van der Waals surface area (Å²) < 4.78 is 5.63. The van der Waals surface area contributed by atoms with Gasteiger partial charge in [-0.2, -0.15) is 4.98 Å². The molecule has 0 unspecified atom stereocenters. The number of aromatic nitrogens is 2. The maximum Gasteiger partial charge on any atom is 0.225 e. The Morgan fingerprint density at radius 2 is 2.25 bits per heavy atom. The van der Waals surface area contributed by atoms with Gasteiger partial charge in [0.05, 0.1) is 12.0 Å². The van der Waals surface area contributed by atoms with Crippen LogP contribution in [0.1, 0.15) is 17.7 Å². The maximum absolute atomic E-state index is 5.63. The van der Waals surface area contributed by atoms with Crippen LogP contribution in [0, 0.1) is 12.8 Å². The van der Waals surface area contributed by atoms with Crippen LogP contribution < -0.4 is 10.6 Å². The highest BCUT2D eigenvalue weighted by molar-refractivity contribution is 7.18. The summed E-state index contributed by atoms with van der Waals surface area (Å²) in [7, 11) is 1.84. The molecular formula is C14H20N4OS. The largest absolute Gasteiger partial charge is 0.379 e. The minimum absolute atomic E-state index is 0.653. The summed E-state index contributed by atoms with van der Waals surface area (Å²) in [4.78, 5) is 11.2. The van der Waals surface area contributed by atoms with Crippen LogP contribution in [0.25, 0.3) is 10.2 Å². The zero-order valence-corrected chi connectivity index (χ0v) is 12.7. The van der Waals surface area contributed by atoms with Crippen molar-refractivity contribution in [3.05, 3.63) is 10.9 Å². The lowest BCUT2D eigenvalue weighted by Crippen LogP contribution is -2.12. The highest BCUT2D eigenvalue weighted by Gasteiger charge is 2.20. The van der Waals surface area contributed by atoms with Crippen molar-refractivity contribution in [1.82, 2.24) is 9.97 Å². The number of nitrogens with one attached hydrogen (secondary N) is 2. The van der Waals surface area contributed by atoms with Gasteiger partial charge in [-0.15, -0.1) is 11.3 Å². The van der Waals surface area contributed by atoms with Gasteiger partial charge >= 0.3 is 0 Å². The number of nitrogens with zero attached hydrogens (tertiary/aromatic N) is 2. The van der Waals surface area contributed by atoms with Crippen molar-refractivity contribution < 1.29 is 4.74 Å². The smallest absolute Gasteiger partial charge is 0.225 e. The summed E-state index contributed by atoms with van der Waals surface area (Å²) in [5, 5.41) is 7.46. The quantitative estimate of drug-likeness (QED) is 0.768. The van der Waals surface area contributed by atoms with Gasteiger partial charge in [-0.3, -0.25) is 0 Å². The Balaban J connectivity index is 1.65. The molecule has 0 atom stereocenters. The van der Waals surface area contributed by atoms with Crippen LogP contribution in [0.4, 0.5) is 11.8 Å². The number of fused-ring (bicyclic) bond motifs is 1. The summed E-state index contributed by atoms with van der Waals surface area (Å²) in [6, 6.07) is 2.13. The van der Waals surface area contributed by atoms with Crippen molar-refractivity contribution in [2.75, 3.05) is 37.4 Å². The van der Waals surface area contributed by atoms with Crippen molar-refractivity contribution in [2.45, 2.75) is 19.8 Å². The normalized spacial score (nSPS) is 14.7. The topological polar surface area (TPSA) is 59.1 Å². The summed E-state index contributed by atoms with van der Waals surface area (Å²) in [5.74, 6) is 2.36. The van der Waals surface area contributed by atoms with Crippen molar-refractivity contribution in [3.63, 3.8) is 0 Å². The van der Waals surface area contributed by atoms with E-state index in [9.17, 15) is 0 Å². The molecule has 0 radical (unpaired) electrons. The number of anilines is 2. The van der Waals surface area contributed by atoms with Crippen LogP contribution >= 0.6 is 11.3 Å². The molecule has 2 aromatic heterocycles. The molecule has 0 amide bonds. The zero-order chi connectivity index (χ0) is 13.9. The van der Waals surface area contributed by atoms with Crippen LogP contribution in [-0.2, 0) is 4.74 Å². The average molecular weight is 292 g/mol. The highest BCUT2D eigenvalue weighted by atomic mass is 32.1. The van der Waals surface area contributed by atoms with Gasteiger partial charge in [0, 0.05) is 25.1 Å². The predicted molar refractivity (Wildman–Crippen MR) is 83.7 cm³/mol. The Labute approximate surface area is 122 Å². The molecule has 0 aromatic carbocycles. The monoisotopic (exact) mass is 292 g/mol. The molecule has 2 aromatic rings. The van der Waals surface area contributed by atoms with Crippen LogP contribution in [0.3, 0.4) is 0 Å². The summed E-state index contributed by atoms with van der Waals surface area (Å²) in [6.07, 6.45) is 2.67. The number of hydrogen-bond donors (Lipinski definition) is 2. The standard InChI is InChI=1S/C14H20N4OS/c1-9-7-11-12(16-5-6-19-8-10-3-4-10)17-14(15-2)18-13(11)20-9/h7,10H,3-6,8H2,1-2H3,(H2,15,16,17,18). The number of rotatable bonds is 7. The van der Waals surface area contributed by atoms with Crippen LogP contribution in [0.2, 0.25) is 0 Å². The Morgan fingerprint density at radius 1 is 1.40 bits per heavy atom. The molecule has 5 nitrogen and oxygen atoms in total. The first-order valence-corrected chi connectivity index (χ1v) is 7.85. The van der Waals surface area contributed by atoms with Gasteiger partial charge in [-0.1, -0.05) is 0 Å². The number of hydrogen-bond acceptors (Lipinski definition) is 6. The second-order valence-electron chi connectivity index (χ2n) is 5.17. The molecule has 0 spiro atoms. The summed E-state index contributed by atoms with van der Waals surface area (Å²) in [5.41, 5.74) is 0. The molecule has 0 bridgehead atoms. The van der Waals surface area contributed by atoms with Crippen molar-refractivity contribution in [2.24, 2.45) is 5.92 Å². The zero-order valence-electron chi connectivity index (χ0n) is 11.9. The first-order valence-electron chi connectivity index (χ1n) is 7.04. The van der Waals surface area contributed by atoms with E-state index in [2.05, 4.69) is 33.6 Å². The molecule has 6 heteroatoms. The molecule has 0 saturated heterocycles. The minimum Gasteiger partial charge on any atom is -0.379 e. The molecule has 20 heavy (non-hydrogen) atoms. The fourth-order valence-corrected chi connectivity index (χ4v) is 2.94. The molecule has 3 rings (SSSR count). The van der Waals surface area contributed by atoms with E-state index in [1.54, 1.807) is 11.3 Å². The number of aryl methyl sites for hydroxylation is 1. The Kier molecular flexibility index (Phi) is 4.03. The summed E-state index contributed by atoms with van der Waals surface area (Å²) >= 11 is 1.69. The van der Waals surface area contributed by atoms with Crippen LogP contribution in [0.5, 0.6) is 0 Å². The molecule has 2 heterocycles. The van der Waals surface area contributed by atoms with E-state index in [0.717, 1.165) is 41.7 Å². The molecule has 108 valence electrons. The van der Waals surface area contributed by atoms with E-state index < -0.39 is 0 Å². The third-order valence-electron chi connectivity index (χ3n) is 3.33. The summed E-state index contributed by atoms with van der Waals surface area (Å²) in [6.45, 7) is 4.49. The minimum atomic E-state index is 0.653. The molecule has 1 fully saturated rings. The SMILES string of the molecule is CNc1nc(NCCOCC2CC2)c2cc(C)sc2n1. The van der Waals surface area contributed by atoms with Gasteiger partial charge in [-0.05, 0) is 31.7 Å². The van der Waals surface area contributed by atoms with Gasteiger partial charge in [0.2, 0.25) is 5.95 Å². The van der Waals surface area contributed by atoms with Crippen LogP contribution in [0.15, 0.2) is 6.07 Å². The fraction of sp³-hybridized carbons (Fsp3) is 0.571. The molecule has 1 saturated carbocycles. The second-order valence-corrected chi connectivity index (χ2v) is 6.40. The first-order chi connectivity index (χ1) is 9.76. The lowest BCUT2D eigenvalue weighted by atomic mass is 10.3. The van der Waals surface area contributed by atoms with E-state index in [-0.39, 0.29) is 0 Å². The Hall–Kier alpha value is -1.40. The van der Waals surface area contributed by atoms with E-state index in [1.165, 1.54) is 17.7 Å². The lowest BCUT2D eigenvalue weighted by molar-refractivity contribution is 0.134. The third kappa shape index (κ3) is 3.19. The third-order valence-corrected chi connectivity index (χ3v) is 4.27. The Morgan fingerprint density at radius 3 is 3.00 bits per heavy atom. The lowest BCUT2D eigenvalue weighted by Gasteiger charge is -2.09. The Bertz CT molecular complexity index is 594. The van der Waals surface area contributed by atoms with Gasteiger partial charge in [0.15, 0.2) is 0 Å². The first kappa shape index (κ1) is 13.6.